The van der Waals surface area contributed by atoms with Gasteiger partial charge in [-0.15, -0.1) is 11.3 Å². The number of hydrogen-bond acceptors (Lipinski definition) is 4. The molecule has 24 heavy (non-hydrogen) atoms. The maximum absolute atomic E-state index is 12.1. The van der Waals surface area contributed by atoms with Gasteiger partial charge in [-0.1, -0.05) is 37.5 Å². The number of benzene rings is 1. The van der Waals surface area contributed by atoms with Crippen LogP contribution in [0.5, 0.6) is 0 Å². The molecule has 1 fully saturated rings. The number of carbonyl (C=O) groups is 1. The van der Waals surface area contributed by atoms with Crippen molar-refractivity contribution in [3.8, 4) is 11.5 Å². The van der Waals surface area contributed by atoms with E-state index in [9.17, 15) is 4.79 Å². The van der Waals surface area contributed by atoms with Crippen molar-refractivity contribution in [3.05, 3.63) is 35.7 Å². The zero-order valence-corrected chi connectivity index (χ0v) is 14.1. The second-order valence-electron chi connectivity index (χ2n) is 6.12. The molecule has 2 aromatic heterocycles. The molecule has 0 atom stereocenters. The molecule has 124 valence electrons. The van der Waals surface area contributed by atoms with E-state index in [1.165, 1.54) is 30.6 Å². The molecule has 0 saturated heterocycles. The summed E-state index contributed by atoms with van der Waals surface area (Å²) in [6, 6.07) is 9.94. The number of fused-ring (bicyclic) bond motifs is 1. The highest BCUT2D eigenvalue weighted by Gasteiger charge is 2.17. The summed E-state index contributed by atoms with van der Waals surface area (Å²) in [5, 5.41) is 9.39. The lowest BCUT2D eigenvalue weighted by Crippen LogP contribution is -2.38. The van der Waals surface area contributed by atoms with E-state index in [1.807, 2.05) is 35.7 Å². The molecule has 1 aliphatic rings. The molecule has 6 heteroatoms. The largest absolute Gasteiger partial charge is 0.454 e. The zero-order valence-electron chi connectivity index (χ0n) is 13.2. The summed E-state index contributed by atoms with van der Waals surface area (Å²) in [5.41, 5.74) is 1.58. The standard InChI is InChI=1S/C18H19N3O2S/c22-17(19-13-7-2-1-3-8-13)21-18-20-14(11-24-18)16-10-12-6-4-5-9-15(12)23-16/h4-6,9-11,13H,1-3,7-8H2,(H2,19,20,21,22). The van der Waals surface area contributed by atoms with Gasteiger partial charge in [0.2, 0.25) is 0 Å². The molecule has 1 aromatic carbocycles. The fourth-order valence-corrected chi connectivity index (χ4v) is 3.81. The average Bonchev–Trinajstić information content (AvgIpc) is 3.22. The maximum atomic E-state index is 12.1. The highest BCUT2D eigenvalue weighted by molar-refractivity contribution is 7.14. The molecule has 2 N–H and O–H groups in total. The number of furan rings is 1. The lowest BCUT2D eigenvalue weighted by atomic mass is 9.96. The van der Waals surface area contributed by atoms with Crippen LogP contribution in [-0.4, -0.2) is 17.1 Å². The van der Waals surface area contributed by atoms with Gasteiger partial charge >= 0.3 is 6.03 Å². The molecule has 1 saturated carbocycles. The van der Waals surface area contributed by atoms with Gasteiger partial charge in [0.25, 0.3) is 0 Å². The molecule has 4 rings (SSSR count). The molecule has 0 bridgehead atoms. The van der Waals surface area contributed by atoms with Crippen molar-refractivity contribution in [1.82, 2.24) is 10.3 Å². The molecule has 0 unspecified atom stereocenters. The van der Waals surface area contributed by atoms with Crippen LogP contribution in [0.2, 0.25) is 0 Å². The number of urea groups is 1. The Morgan fingerprint density at radius 2 is 2.04 bits per heavy atom. The molecule has 0 spiro atoms. The summed E-state index contributed by atoms with van der Waals surface area (Å²) in [7, 11) is 0. The summed E-state index contributed by atoms with van der Waals surface area (Å²) in [6.07, 6.45) is 5.79. The van der Waals surface area contributed by atoms with Crippen molar-refractivity contribution in [2.24, 2.45) is 0 Å². The van der Waals surface area contributed by atoms with Gasteiger partial charge in [-0.3, -0.25) is 5.32 Å². The number of nitrogens with one attached hydrogen (secondary N) is 2. The minimum Gasteiger partial charge on any atom is -0.454 e. The number of anilines is 1. The molecular formula is C18H19N3O2S. The molecule has 1 aliphatic carbocycles. The van der Waals surface area contributed by atoms with Crippen LogP contribution in [0.4, 0.5) is 9.93 Å². The van der Waals surface area contributed by atoms with Gasteiger partial charge in [0.05, 0.1) is 0 Å². The van der Waals surface area contributed by atoms with E-state index in [4.69, 9.17) is 4.42 Å². The molecule has 0 radical (unpaired) electrons. The monoisotopic (exact) mass is 341 g/mol. The Morgan fingerprint density at radius 1 is 1.21 bits per heavy atom. The third kappa shape index (κ3) is 3.28. The van der Waals surface area contributed by atoms with E-state index in [0.29, 0.717) is 10.9 Å². The van der Waals surface area contributed by atoms with Gasteiger partial charge in [0.1, 0.15) is 11.3 Å². The number of amides is 2. The Labute approximate surface area is 144 Å². The number of hydrogen-bond donors (Lipinski definition) is 2. The molecule has 2 amide bonds. The van der Waals surface area contributed by atoms with Crippen LogP contribution in [-0.2, 0) is 0 Å². The van der Waals surface area contributed by atoms with E-state index in [-0.39, 0.29) is 12.1 Å². The Kier molecular flexibility index (Phi) is 4.21. The number of aromatic nitrogens is 1. The van der Waals surface area contributed by atoms with E-state index >= 15 is 0 Å². The van der Waals surface area contributed by atoms with E-state index in [1.54, 1.807) is 0 Å². The predicted molar refractivity (Wildman–Crippen MR) is 96.3 cm³/mol. The Bertz CT molecular complexity index is 816. The molecule has 5 nitrogen and oxygen atoms in total. The smallest absolute Gasteiger partial charge is 0.321 e. The quantitative estimate of drug-likeness (QED) is 0.703. The number of nitrogens with zero attached hydrogens (tertiary/aromatic N) is 1. The molecular weight excluding hydrogens is 322 g/mol. The van der Waals surface area contributed by atoms with Gasteiger partial charge < -0.3 is 9.73 Å². The lowest BCUT2D eigenvalue weighted by molar-refractivity contribution is 0.244. The van der Waals surface area contributed by atoms with Crippen molar-refractivity contribution in [1.29, 1.82) is 0 Å². The van der Waals surface area contributed by atoms with E-state index in [2.05, 4.69) is 15.6 Å². The van der Waals surface area contributed by atoms with Crippen LogP contribution in [0.3, 0.4) is 0 Å². The van der Waals surface area contributed by atoms with Crippen molar-refractivity contribution in [2.75, 3.05) is 5.32 Å². The minimum atomic E-state index is -0.174. The average molecular weight is 341 g/mol. The van der Waals surface area contributed by atoms with E-state index in [0.717, 1.165) is 29.5 Å². The molecule has 3 aromatic rings. The van der Waals surface area contributed by atoms with Gasteiger partial charge in [0.15, 0.2) is 10.9 Å². The van der Waals surface area contributed by atoms with Crippen LogP contribution in [0, 0.1) is 0 Å². The van der Waals surface area contributed by atoms with Crippen LogP contribution < -0.4 is 10.6 Å². The number of rotatable bonds is 3. The van der Waals surface area contributed by atoms with Gasteiger partial charge in [-0.2, -0.15) is 0 Å². The fourth-order valence-electron chi connectivity index (χ4n) is 3.12. The summed E-state index contributed by atoms with van der Waals surface area (Å²) < 4.78 is 5.81. The van der Waals surface area contributed by atoms with Crippen LogP contribution >= 0.6 is 11.3 Å². The first-order valence-electron chi connectivity index (χ1n) is 8.30. The highest BCUT2D eigenvalue weighted by Crippen LogP contribution is 2.30. The highest BCUT2D eigenvalue weighted by atomic mass is 32.1. The number of para-hydroxylation sites is 1. The predicted octanol–water partition coefficient (Wildman–Crippen LogP) is 5.01. The number of thiazole rings is 1. The number of carbonyl (C=O) groups excluding carboxylic acids is 1. The summed E-state index contributed by atoms with van der Waals surface area (Å²) in [4.78, 5) is 16.5. The van der Waals surface area contributed by atoms with E-state index < -0.39 is 0 Å². The Morgan fingerprint density at radius 3 is 2.88 bits per heavy atom. The first kappa shape index (κ1) is 15.2. The minimum absolute atomic E-state index is 0.174. The fraction of sp³-hybridized carbons (Fsp3) is 0.333. The summed E-state index contributed by atoms with van der Waals surface area (Å²) in [5.74, 6) is 0.716. The second kappa shape index (κ2) is 6.65. The third-order valence-corrected chi connectivity index (χ3v) is 5.10. The Hall–Kier alpha value is -2.34. The van der Waals surface area contributed by atoms with Gasteiger partial charge in [-0.05, 0) is 25.0 Å². The summed E-state index contributed by atoms with van der Waals surface area (Å²) in [6.45, 7) is 0. The van der Waals surface area contributed by atoms with Crippen molar-refractivity contribution in [3.63, 3.8) is 0 Å². The normalized spacial score (nSPS) is 15.5. The third-order valence-electron chi connectivity index (χ3n) is 4.34. The van der Waals surface area contributed by atoms with Crippen molar-refractivity contribution < 1.29 is 9.21 Å². The summed E-state index contributed by atoms with van der Waals surface area (Å²) >= 11 is 1.40. The lowest BCUT2D eigenvalue weighted by Gasteiger charge is -2.22. The topological polar surface area (TPSA) is 67.2 Å². The van der Waals surface area contributed by atoms with Gasteiger partial charge in [0, 0.05) is 16.8 Å². The second-order valence-corrected chi connectivity index (χ2v) is 6.98. The molecule has 0 aliphatic heterocycles. The van der Waals surface area contributed by atoms with Crippen molar-refractivity contribution >= 4 is 33.5 Å². The Balaban J connectivity index is 1.43. The van der Waals surface area contributed by atoms with Crippen LogP contribution in [0.25, 0.3) is 22.4 Å². The zero-order chi connectivity index (χ0) is 16.4. The van der Waals surface area contributed by atoms with Gasteiger partial charge in [-0.25, -0.2) is 9.78 Å². The first-order chi connectivity index (χ1) is 11.8. The van der Waals surface area contributed by atoms with Crippen LogP contribution in [0.1, 0.15) is 32.1 Å². The van der Waals surface area contributed by atoms with Crippen molar-refractivity contribution in [2.45, 2.75) is 38.1 Å². The SMILES string of the molecule is O=C(Nc1nc(-c2cc3ccccc3o2)cs1)NC1CCCCC1. The maximum Gasteiger partial charge on any atom is 0.321 e. The first-order valence-corrected chi connectivity index (χ1v) is 9.18. The van der Waals surface area contributed by atoms with Crippen LogP contribution in [0.15, 0.2) is 40.1 Å². The molecule has 2 heterocycles.